The highest BCUT2D eigenvalue weighted by atomic mass is 35.5. The van der Waals surface area contributed by atoms with E-state index >= 15 is 0 Å². The Hall–Kier alpha value is -1.54. The lowest BCUT2D eigenvalue weighted by molar-refractivity contribution is 0.101. The van der Waals surface area contributed by atoms with Crippen LogP contribution in [0.15, 0.2) is 47.4 Å². The molecule has 27 heavy (non-hydrogen) atoms. The van der Waals surface area contributed by atoms with Gasteiger partial charge < -0.3 is 4.74 Å². The number of halogens is 1. The molecule has 0 bridgehead atoms. The molecule has 1 aliphatic heterocycles. The van der Waals surface area contributed by atoms with Crippen LogP contribution in [0.4, 0.5) is 0 Å². The molecule has 0 spiro atoms. The van der Waals surface area contributed by atoms with Crippen LogP contribution in [0.25, 0.3) is 0 Å². The van der Waals surface area contributed by atoms with Gasteiger partial charge in [-0.1, -0.05) is 23.7 Å². The molecule has 2 aromatic rings. The van der Waals surface area contributed by atoms with Crippen molar-refractivity contribution < 1.29 is 17.9 Å². The minimum Gasteiger partial charge on any atom is -0.488 e. The van der Waals surface area contributed by atoms with Crippen molar-refractivity contribution in [2.75, 3.05) is 24.6 Å². The second-order valence-electron chi connectivity index (χ2n) is 6.11. The van der Waals surface area contributed by atoms with Crippen molar-refractivity contribution in [3.8, 4) is 5.75 Å². The van der Waals surface area contributed by atoms with Crippen LogP contribution in [0.5, 0.6) is 5.75 Å². The highest BCUT2D eigenvalue weighted by molar-refractivity contribution is 7.99. The summed E-state index contributed by atoms with van der Waals surface area (Å²) < 4.78 is 33.0. The van der Waals surface area contributed by atoms with Gasteiger partial charge in [-0.3, -0.25) is 4.79 Å². The summed E-state index contributed by atoms with van der Waals surface area (Å²) in [6.07, 6.45) is 0. The lowest BCUT2D eigenvalue weighted by Gasteiger charge is -2.25. The van der Waals surface area contributed by atoms with Gasteiger partial charge in [0.25, 0.3) is 0 Å². The highest BCUT2D eigenvalue weighted by Crippen LogP contribution is 2.27. The monoisotopic (exact) mass is 425 g/mol. The van der Waals surface area contributed by atoms with E-state index in [1.165, 1.54) is 17.3 Å². The number of sulfonamides is 1. The number of Topliss-reactive ketones (excluding diaryl/α,β-unsaturated/α-hetero) is 1. The van der Waals surface area contributed by atoms with Crippen molar-refractivity contribution in [1.82, 2.24) is 4.31 Å². The fraction of sp³-hybridized carbons (Fsp3) is 0.316. The maximum absolute atomic E-state index is 12.9. The third kappa shape index (κ3) is 4.66. The third-order valence-corrected chi connectivity index (χ3v) is 7.48. The molecule has 0 N–H and O–H groups in total. The van der Waals surface area contributed by atoms with Crippen LogP contribution in [0.2, 0.25) is 5.02 Å². The largest absolute Gasteiger partial charge is 0.488 e. The van der Waals surface area contributed by atoms with Crippen molar-refractivity contribution >= 4 is 39.2 Å². The number of carbonyl (C=O) groups excluding carboxylic acids is 1. The number of thioether (sulfide) groups is 1. The van der Waals surface area contributed by atoms with Gasteiger partial charge in [0.05, 0.1) is 10.5 Å². The van der Waals surface area contributed by atoms with Gasteiger partial charge in [-0.25, -0.2) is 8.42 Å². The highest BCUT2D eigenvalue weighted by Gasteiger charge is 2.26. The molecule has 1 fully saturated rings. The molecule has 0 saturated carbocycles. The Balaban J connectivity index is 1.83. The maximum atomic E-state index is 12.9. The van der Waals surface area contributed by atoms with E-state index in [9.17, 15) is 13.2 Å². The van der Waals surface area contributed by atoms with Gasteiger partial charge in [0.1, 0.15) is 12.4 Å². The van der Waals surface area contributed by atoms with E-state index in [1.54, 1.807) is 48.2 Å². The average molecular weight is 426 g/mol. The first-order valence-electron chi connectivity index (χ1n) is 8.48. The molecule has 0 amide bonds. The Morgan fingerprint density at radius 1 is 1.19 bits per heavy atom. The molecule has 5 nitrogen and oxygen atoms in total. The maximum Gasteiger partial charge on any atom is 0.243 e. The number of ketones is 1. The van der Waals surface area contributed by atoms with Crippen LogP contribution >= 0.6 is 23.4 Å². The van der Waals surface area contributed by atoms with Gasteiger partial charge in [0, 0.05) is 35.2 Å². The topological polar surface area (TPSA) is 63.7 Å². The van der Waals surface area contributed by atoms with Crippen LogP contribution in [0.1, 0.15) is 22.8 Å². The van der Waals surface area contributed by atoms with E-state index in [1.807, 2.05) is 0 Å². The Bertz CT molecular complexity index is 940. The van der Waals surface area contributed by atoms with E-state index in [-0.39, 0.29) is 17.3 Å². The number of rotatable bonds is 6. The molecule has 0 aliphatic carbocycles. The van der Waals surface area contributed by atoms with Crippen molar-refractivity contribution in [3.05, 3.63) is 58.6 Å². The summed E-state index contributed by atoms with van der Waals surface area (Å²) >= 11 is 7.99. The van der Waals surface area contributed by atoms with Gasteiger partial charge >= 0.3 is 0 Å². The number of para-hydroxylation sites is 1. The molecule has 144 valence electrons. The van der Waals surface area contributed by atoms with Gasteiger partial charge in [0.15, 0.2) is 5.78 Å². The molecular formula is C19H20ClNO4S2. The normalized spacial score (nSPS) is 15.5. The molecule has 1 aliphatic rings. The van der Waals surface area contributed by atoms with Gasteiger partial charge in [-0.2, -0.15) is 16.1 Å². The molecule has 0 aromatic heterocycles. The lowest BCUT2D eigenvalue weighted by Crippen LogP contribution is -2.37. The van der Waals surface area contributed by atoms with Gasteiger partial charge in [-0.05, 0) is 37.3 Å². The Labute approximate surface area is 168 Å². The summed E-state index contributed by atoms with van der Waals surface area (Å²) in [5.41, 5.74) is 1.03. The molecule has 8 heteroatoms. The van der Waals surface area contributed by atoms with Gasteiger partial charge in [0.2, 0.25) is 10.0 Å². The minimum absolute atomic E-state index is 0.0718. The zero-order chi connectivity index (χ0) is 19.4. The molecule has 0 atom stereocenters. The first-order valence-corrected chi connectivity index (χ1v) is 11.5. The van der Waals surface area contributed by atoms with E-state index in [0.29, 0.717) is 35.0 Å². The summed E-state index contributed by atoms with van der Waals surface area (Å²) in [7, 11) is -3.55. The number of nitrogens with zero attached hydrogens (tertiary/aromatic N) is 1. The number of hydrogen-bond donors (Lipinski definition) is 0. The Morgan fingerprint density at radius 2 is 1.89 bits per heavy atom. The third-order valence-electron chi connectivity index (χ3n) is 4.27. The number of hydrogen-bond acceptors (Lipinski definition) is 5. The Kier molecular flexibility index (Phi) is 6.47. The van der Waals surface area contributed by atoms with E-state index in [2.05, 4.69) is 0 Å². The van der Waals surface area contributed by atoms with Crippen LogP contribution in [-0.2, 0) is 16.6 Å². The average Bonchev–Trinajstić information content (AvgIpc) is 2.68. The predicted molar refractivity (Wildman–Crippen MR) is 108 cm³/mol. The van der Waals surface area contributed by atoms with Crippen LogP contribution in [0.3, 0.4) is 0 Å². The summed E-state index contributed by atoms with van der Waals surface area (Å²) in [5, 5.41) is 0.420. The van der Waals surface area contributed by atoms with Crippen molar-refractivity contribution in [2.45, 2.75) is 18.4 Å². The van der Waals surface area contributed by atoms with Crippen molar-refractivity contribution in [3.63, 3.8) is 0 Å². The summed E-state index contributed by atoms with van der Waals surface area (Å²) in [6.45, 7) is 2.56. The number of ether oxygens (including phenoxy) is 1. The quantitative estimate of drug-likeness (QED) is 0.657. The SMILES string of the molecule is CC(=O)c1ccccc1OCc1cc(S(=O)(=O)N2CCSCC2)ccc1Cl. The lowest BCUT2D eigenvalue weighted by atomic mass is 10.1. The standard InChI is InChI=1S/C19H20ClNO4S2/c1-14(22)17-4-2-3-5-19(17)25-13-15-12-16(6-7-18(15)20)27(23,24)21-8-10-26-11-9-21/h2-7,12H,8-11,13H2,1H3. The first-order chi connectivity index (χ1) is 12.9. The van der Waals surface area contributed by atoms with Crippen LogP contribution in [0, 0.1) is 0 Å². The summed E-state index contributed by atoms with van der Waals surface area (Å²) in [5.74, 6) is 1.94. The second-order valence-corrected chi connectivity index (χ2v) is 9.68. The summed E-state index contributed by atoms with van der Waals surface area (Å²) in [4.78, 5) is 11.9. The smallest absolute Gasteiger partial charge is 0.243 e. The summed E-state index contributed by atoms with van der Waals surface area (Å²) in [6, 6.07) is 11.6. The van der Waals surface area contributed by atoms with E-state index in [0.717, 1.165) is 11.5 Å². The van der Waals surface area contributed by atoms with Crippen LogP contribution in [-0.4, -0.2) is 43.1 Å². The van der Waals surface area contributed by atoms with E-state index in [4.69, 9.17) is 16.3 Å². The molecule has 1 saturated heterocycles. The Morgan fingerprint density at radius 3 is 2.59 bits per heavy atom. The first kappa shape index (κ1) is 20.2. The predicted octanol–water partition coefficient (Wildman–Crippen LogP) is 3.86. The minimum atomic E-state index is -3.55. The number of benzene rings is 2. The molecule has 0 unspecified atom stereocenters. The molecule has 0 radical (unpaired) electrons. The van der Waals surface area contributed by atoms with Crippen molar-refractivity contribution in [2.24, 2.45) is 0 Å². The molecule has 1 heterocycles. The van der Waals surface area contributed by atoms with Crippen LogP contribution < -0.4 is 4.74 Å². The van der Waals surface area contributed by atoms with Crippen molar-refractivity contribution in [1.29, 1.82) is 0 Å². The van der Waals surface area contributed by atoms with Gasteiger partial charge in [-0.15, -0.1) is 0 Å². The second kappa shape index (κ2) is 8.65. The fourth-order valence-corrected chi connectivity index (χ4v) is 5.60. The molecular weight excluding hydrogens is 406 g/mol. The molecule has 3 rings (SSSR count). The van der Waals surface area contributed by atoms with E-state index < -0.39 is 10.0 Å². The zero-order valence-electron chi connectivity index (χ0n) is 14.9. The number of carbonyl (C=O) groups is 1. The fourth-order valence-electron chi connectivity index (χ4n) is 2.80. The zero-order valence-corrected chi connectivity index (χ0v) is 17.2. The molecule has 2 aromatic carbocycles.